The highest BCUT2D eigenvalue weighted by Gasteiger charge is 2.40. The smallest absolute Gasteiger partial charge is 0.283 e. The highest BCUT2D eigenvalue weighted by Crippen LogP contribution is 2.33. The molecule has 0 saturated heterocycles. The van der Waals surface area contributed by atoms with E-state index in [-0.39, 0.29) is 30.1 Å². The molecule has 1 rings (SSSR count). The van der Waals surface area contributed by atoms with Crippen molar-refractivity contribution in [2.45, 2.75) is 136 Å². The van der Waals surface area contributed by atoms with Crippen LogP contribution in [-0.4, -0.2) is 23.3 Å². The summed E-state index contributed by atoms with van der Waals surface area (Å²) in [5.74, 6) is -4.30. The molecule has 0 fully saturated rings. The molecule has 198 valence electrons. The Bertz CT molecular complexity index is 646. The number of ether oxygens (including phenoxy) is 2. The van der Waals surface area contributed by atoms with Crippen molar-refractivity contribution in [1.29, 1.82) is 0 Å². The SMILES string of the molecule is CCCCCCCCC(CCCCCCc1c(F)cc(F)cc1F)C(O)(OC(C)C)OC(C)C. The summed E-state index contributed by atoms with van der Waals surface area (Å²) in [6, 6.07) is 1.46. The van der Waals surface area contributed by atoms with Crippen LogP contribution in [0.25, 0.3) is 0 Å². The second-order valence-electron chi connectivity index (χ2n) is 10.0. The fourth-order valence-electron chi connectivity index (χ4n) is 4.43. The monoisotopic (exact) mass is 488 g/mol. The molecule has 0 amide bonds. The van der Waals surface area contributed by atoms with Gasteiger partial charge in [0.05, 0.1) is 12.2 Å². The molecule has 0 bridgehead atoms. The van der Waals surface area contributed by atoms with Gasteiger partial charge in [-0.05, 0) is 53.4 Å². The van der Waals surface area contributed by atoms with Crippen molar-refractivity contribution in [2.24, 2.45) is 5.92 Å². The van der Waals surface area contributed by atoms with E-state index in [1.54, 1.807) is 0 Å². The molecular weight excluding hydrogens is 441 g/mol. The molecule has 3 nitrogen and oxygen atoms in total. The number of unbranched alkanes of at least 4 members (excludes halogenated alkanes) is 8. The highest BCUT2D eigenvalue weighted by atomic mass is 19.1. The molecule has 6 heteroatoms. The molecule has 0 aliphatic rings. The van der Waals surface area contributed by atoms with E-state index in [9.17, 15) is 18.3 Å². The number of rotatable bonds is 19. The third-order valence-electron chi connectivity index (χ3n) is 6.07. The number of hydrogen-bond acceptors (Lipinski definition) is 3. The molecule has 1 atom stereocenters. The van der Waals surface area contributed by atoms with E-state index >= 15 is 0 Å². The Morgan fingerprint density at radius 2 is 1.18 bits per heavy atom. The van der Waals surface area contributed by atoms with Crippen LogP contribution in [0.15, 0.2) is 12.1 Å². The van der Waals surface area contributed by atoms with E-state index in [0.717, 1.165) is 57.1 Å². The first-order valence-corrected chi connectivity index (χ1v) is 13.3. The Morgan fingerprint density at radius 3 is 1.65 bits per heavy atom. The maximum absolute atomic E-state index is 13.8. The van der Waals surface area contributed by atoms with Gasteiger partial charge in [0.2, 0.25) is 0 Å². The first kappa shape index (κ1) is 30.9. The molecule has 0 heterocycles. The molecule has 0 aliphatic heterocycles. The van der Waals surface area contributed by atoms with Crippen molar-refractivity contribution < 1.29 is 27.8 Å². The number of halogens is 3. The van der Waals surface area contributed by atoms with E-state index in [1.807, 2.05) is 27.7 Å². The van der Waals surface area contributed by atoms with Crippen LogP contribution in [0, 0.1) is 23.4 Å². The van der Waals surface area contributed by atoms with Crippen molar-refractivity contribution in [2.75, 3.05) is 0 Å². The quantitative estimate of drug-likeness (QED) is 0.157. The van der Waals surface area contributed by atoms with E-state index in [4.69, 9.17) is 9.47 Å². The van der Waals surface area contributed by atoms with Crippen LogP contribution in [0.1, 0.15) is 117 Å². The van der Waals surface area contributed by atoms with Crippen LogP contribution in [-0.2, 0) is 15.9 Å². The molecule has 1 unspecified atom stereocenters. The van der Waals surface area contributed by atoms with Crippen molar-refractivity contribution in [3.05, 3.63) is 35.1 Å². The van der Waals surface area contributed by atoms with Gasteiger partial charge in [-0.25, -0.2) is 13.2 Å². The lowest BCUT2D eigenvalue weighted by atomic mass is 9.91. The highest BCUT2D eigenvalue weighted by molar-refractivity contribution is 5.20. The minimum Gasteiger partial charge on any atom is -0.343 e. The zero-order valence-corrected chi connectivity index (χ0v) is 22.0. The largest absolute Gasteiger partial charge is 0.343 e. The minimum atomic E-state index is -1.62. The van der Waals surface area contributed by atoms with Crippen molar-refractivity contribution in [1.82, 2.24) is 0 Å². The Labute approximate surface area is 205 Å². The summed E-state index contributed by atoms with van der Waals surface area (Å²) in [5, 5.41) is 11.3. The second kappa shape index (κ2) is 16.5. The molecular formula is C28H47F3O3. The zero-order valence-electron chi connectivity index (χ0n) is 22.0. The zero-order chi connectivity index (χ0) is 25.6. The molecule has 1 N–H and O–H groups in total. The molecule has 0 spiro atoms. The van der Waals surface area contributed by atoms with Gasteiger partial charge < -0.3 is 14.6 Å². The standard InChI is InChI=1S/C28H47F3O3/c1-6-7-8-9-10-13-16-23(28(32,33-21(2)3)34-22(4)5)17-14-11-12-15-18-25-26(30)19-24(29)20-27(25)31/h19-23,32H,6-18H2,1-5H3. The minimum absolute atomic E-state index is 0.0487. The van der Waals surface area contributed by atoms with E-state index in [0.29, 0.717) is 6.42 Å². The van der Waals surface area contributed by atoms with Gasteiger partial charge in [0.1, 0.15) is 17.5 Å². The lowest BCUT2D eigenvalue weighted by Crippen LogP contribution is -2.47. The van der Waals surface area contributed by atoms with Gasteiger partial charge in [0.15, 0.2) is 0 Å². The fraction of sp³-hybridized carbons (Fsp3) is 0.786. The Morgan fingerprint density at radius 1 is 0.735 bits per heavy atom. The van der Waals surface area contributed by atoms with Crippen LogP contribution >= 0.6 is 0 Å². The summed E-state index contributed by atoms with van der Waals surface area (Å²) in [7, 11) is 0. The molecule has 0 aliphatic carbocycles. The topological polar surface area (TPSA) is 38.7 Å². The van der Waals surface area contributed by atoms with E-state index < -0.39 is 23.4 Å². The van der Waals surface area contributed by atoms with E-state index in [2.05, 4.69) is 6.92 Å². The maximum Gasteiger partial charge on any atom is 0.283 e. The van der Waals surface area contributed by atoms with Crippen LogP contribution < -0.4 is 0 Å². The Balaban J connectivity index is 2.61. The second-order valence-corrected chi connectivity index (χ2v) is 10.0. The van der Waals surface area contributed by atoms with Gasteiger partial charge in [-0.1, -0.05) is 64.7 Å². The fourth-order valence-corrected chi connectivity index (χ4v) is 4.43. The van der Waals surface area contributed by atoms with Gasteiger partial charge in [-0.15, -0.1) is 0 Å². The molecule has 34 heavy (non-hydrogen) atoms. The normalized spacial score (nSPS) is 13.3. The average Bonchev–Trinajstić information content (AvgIpc) is 2.71. The van der Waals surface area contributed by atoms with Crippen LogP contribution in [0.4, 0.5) is 13.2 Å². The number of aliphatic hydroxyl groups is 1. The summed E-state index contributed by atoms with van der Waals surface area (Å²) in [5.41, 5.74) is -0.0487. The third-order valence-corrected chi connectivity index (χ3v) is 6.07. The van der Waals surface area contributed by atoms with Gasteiger partial charge in [-0.3, -0.25) is 0 Å². The van der Waals surface area contributed by atoms with Crippen LogP contribution in [0.2, 0.25) is 0 Å². The number of hydrogen-bond donors (Lipinski definition) is 1. The van der Waals surface area contributed by atoms with Crippen LogP contribution in [0.5, 0.6) is 0 Å². The summed E-state index contributed by atoms with van der Waals surface area (Å²) in [6.07, 6.45) is 11.7. The maximum atomic E-state index is 13.8. The lowest BCUT2D eigenvalue weighted by Gasteiger charge is -2.38. The molecule has 1 aromatic carbocycles. The lowest BCUT2D eigenvalue weighted by molar-refractivity contribution is -0.407. The Kier molecular flexibility index (Phi) is 15.0. The molecule has 1 aromatic rings. The average molecular weight is 489 g/mol. The first-order valence-electron chi connectivity index (χ1n) is 13.3. The third kappa shape index (κ3) is 12.0. The summed E-state index contributed by atoms with van der Waals surface area (Å²) >= 11 is 0. The predicted octanol–water partition coefficient (Wildman–Crippen LogP) is 8.46. The van der Waals surface area contributed by atoms with Gasteiger partial charge >= 0.3 is 0 Å². The Hall–Kier alpha value is -1.11. The van der Waals surface area contributed by atoms with Gasteiger partial charge in [0.25, 0.3) is 5.97 Å². The van der Waals surface area contributed by atoms with Gasteiger partial charge in [0, 0.05) is 23.6 Å². The predicted molar refractivity (Wildman–Crippen MR) is 132 cm³/mol. The first-order chi connectivity index (χ1) is 16.1. The van der Waals surface area contributed by atoms with Crippen molar-refractivity contribution >= 4 is 0 Å². The van der Waals surface area contributed by atoms with Crippen LogP contribution in [0.3, 0.4) is 0 Å². The van der Waals surface area contributed by atoms with Crippen molar-refractivity contribution in [3.8, 4) is 0 Å². The van der Waals surface area contributed by atoms with Crippen molar-refractivity contribution in [3.63, 3.8) is 0 Å². The molecule has 0 aromatic heterocycles. The van der Waals surface area contributed by atoms with E-state index in [1.165, 1.54) is 25.7 Å². The summed E-state index contributed by atoms with van der Waals surface area (Å²) in [6.45, 7) is 9.78. The summed E-state index contributed by atoms with van der Waals surface area (Å²) < 4.78 is 52.5. The van der Waals surface area contributed by atoms with Gasteiger partial charge in [-0.2, -0.15) is 0 Å². The molecule has 0 radical (unpaired) electrons. The number of benzene rings is 1. The molecule has 0 saturated carbocycles. The summed E-state index contributed by atoms with van der Waals surface area (Å²) in [4.78, 5) is 0.